The van der Waals surface area contributed by atoms with Crippen LogP contribution in [0.4, 0.5) is 5.69 Å². The Balaban J connectivity index is 1.87. The first kappa shape index (κ1) is 17.1. The highest BCUT2D eigenvalue weighted by molar-refractivity contribution is 9.10. The van der Waals surface area contributed by atoms with Crippen LogP contribution in [-0.2, 0) is 6.42 Å². The zero-order chi connectivity index (χ0) is 17.6. The van der Waals surface area contributed by atoms with Gasteiger partial charge in [0.25, 0.3) is 5.91 Å². The number of nitrogens with one attached hydrogen (secondary N) is 1. The van der Waals surface area contributed by atoms with E-state index in [9.17, 15) is 9.59 Å². The number of carbonyl (C=O) groups excluding carboxylic acids is 2. The van der Waals surface area contributed by atoms with Crippen molar-refractivity contribution in [1.29, 1.82) is 0 Å². The average molecular weight is 394 g/mol. The summed E-state index contributed by atoms with van der Waals surface area (Å²) < 4.78 is 0.752. The van der Waals surface area contributed by atoms with E-state index in [0.717, 1.165) is 10.0 Å². The Morgan fingerprint density at radius 2 is 1.44 bits per heavy atom. The van der Waals surface area contributed by atoms with Crippen molar-refractivity contribution in [2.75, 3.05) is 5.32 Å². The van der Waals surface area contributed by atoms with Gasteiger partial charge in [-0.25, -0.2) is 0 Å². The Hall–Kier alpha value is -2.72. The molecule has 3 aromatic rings. The third kappa shape index (κ3) is 4.43. The fraction of sp³-hybridized carbons (Fsp3) is 0.0476. The number of rotatable bonds is 5. The van der Waals surface area contributed by atoms with E-state index in [1.165, 1.54) is 0 Å². The summed E-state index contributed by atoms with van der Waals surface area (Å²) in [6.45, 7) is 0. The number of hydrogen-bond acceptors (Lipinski definition) is 2. The van der Waals surface area contributed by atoms with Crippen molar-refractivity contribution < 1.29 is 9.59 Å². The van der Waals surface area contributed by atoms with E-state index in [1.54, 1.807) is 30.3 Å². The topological polar surface area (TPSA) is 46.2 Å². The number of hydrogen-bond donors (Lipinski definition) is 1. The zero-order valence-corrected chi connectivity index (χ0v) is 15.0. The Bertz CT molecular complexity index is 892. The van der Waals surface area contributed by atoms with Crippen LogP contribution in [0.15, 0.2) is 83.3 Å². The number of Topliss-reactive ketones (excluding diaryl/α,β-unsaturated/α-hetero) is 1. The van der Waals surface area contributed by atoms with E-state index in [-0.39, 0.29) is 18.1 Å². The first-order chi connectivity index (χ1) is 12.1. The second-order valence-corrected chi connectivity index (χ2v) is 6.51. The van der Waals surface area contributed by atoms with Crippen molar-refractivity contribution in [3.8, 4) is 0 Å². The highest BCUT2D eigenvalue weighted by Crippen LogP contribution is 2.20. The Kier molecular flexibility index (Phi) is 5.41. The molecular formula is C21H16BrNO2. The summed E-state index contributed by atoms with van der Waals surface area (Å²) in [7, 11) is 0. The molecule has 0 fully saturated rings. The first-order valence-electron chi connectivity index (χ1n) is 7.86. The summed E-state index contributed by atoms with van der Waals surface area (Å²) in [4.78, 5) is 25.4. The van der Waals surface area contributed by atoms with Gasteiger partial charge in [0, 0.05) is 22.1 Å². The summed E-state index contributed by atoms with van der Waals surface area (Å²) in [5.41, 5.74) is 2.39. The number of anilines is 1. The average Bonchev–Trinajstić information content (AvgIpc) is 2.63. The van der Waals surface area contributed by atoms with E-state index >= 15 is 0 Å². The van der Waals surface area contributed by atoms with Crippen LogP contribution in [0.25, 0.3) is 0 Å². The molecule has 0 aromatic heterocycles. The van der Waals surface area contributed by atoms with Gasteiger partial charge in [-0.2, -0.15) is 0 Å². The van der Waals surface area contributed by atoms with Crippen LogP contribution in [0.3, 0.4) is 0 Å². The van der Waals surface area contributed by atoms with Gasteiger partial charge in [0.2, 0.25) is 0 Å². The number of halogens is 1. The van der Waals surface area contributed by atoms with Gasteiger partial charge in [-0.3, -0.25) is 9.59 Å². The molecule has 0 bridgehead atoms. The van der Waals surface area contributed by atoms with E-state index < -0.39 is 0 Å². The van der Waals surface area contributed by atoms with Gasteiger partial charge in [0.05, 0.1) is 5.56 Å². The molecule has 0 saturated carbocycles. The van der Waals surface area contributed by atoms with Crippen molar-refractivity contribution in [2.24, 2.45) is 0 Å². The molecule has 4 heteroatoms. The van der Waals surface area contributed by atoms with E-state index in [4.69, 9.17) is 0 Å². The molecule has 1 amide bonds. The minimum absolute atomic E-state index is 0.0862. The zero-order valence-electron chi connectivity index (χ0n) is 13.4. The monoisotopic (exact) mass is 393 g/mol. The SMILES string of the molecule is O=C(Cc1ccccc1)c1ccc(Br)cc1C(=O)Nc1ccccc1. The molecule has 0 spiro atoms. The molecule has 0 radical (unpaired) electrons. The molecule has 0 aliphatic rings. The van der Waals surface area contributed by atoms with Gasteiger partial charge >= 0.3 is 0 Å². The molecule has 124 valence electrons. The molecule has 0 unspecified atom stereocenters. The summed E-state index contributed by atoms with van der Waals surface area (Å²) in [5, 5.41) is 2.83. The predicted molar refractivity (Wildman–Crippen MR) is 103 cm³/mol. The molecule has 25 heavy (non-hydrogen) atoms. The first-order valence-corrected chi connectivity index (χ1v) is 8.66. The Morgan fingerprint density at radius 3 is 2.12 bits per heavy atom. The summed E-state index contributed by atoms with van der Waals surface area (Å²) in [6, 6.07) is 23.8. The van der Waals surface area contributed by atoms with E-state index in [0.29, 0.717) is 16.8 Å². The largest absolute Gasteiger partial charge is 0.322 e. The van der Waals surface area contributed by atoms with Gasteiger partial charge in [-0.15, -0.1) is 0 Å². The van der Waals surface area contributed by atoms with Crippen molar-refractivity contribution in [1.82, 2.24) is 0 Å². The van der Waals surface area contributed by atoms with E-state index in [1.807, 2.05) is 48.5 Å². The lowest BCUT2D eigenvalue weighted by Crippen LogP contribution is -2.17. The van der Waals surface area contributed by atoms with Crippen LogP contribution in [0.5, 0.6) is 0 Å². The van der Waals surface area contributed by atoms with Crippen LogP contribution >= 0.6 is 15.9 Å². The van der Waals surface area contributed by atoms with Crippen molar-refractivity contribution >= 4 is 33.3 Å². The molecule has 1 N–H and O–H groups in total. The molecule has 3 aromatic carbocycles. The molecule has 0 heterocycles. The molecule has 0 saturated heterocycles. The third-order valence-electron chi connectivity index (χ3n) is 3.77. The number of benzene rings is 3. The van der Waals surface area contributed by atoms with Crippen LogP contribution in [0.1, 0.15) is 26.3 Å². The minimum atomic E-state index is -0.302. The molecule has 0 aliphatic carbocycles. The lowest BCUT2D eigenvalue weighted by Gasteiger charge is -2.10. The smallest absolute Gasteiger partial charge is 0.256 e. The molecule has 0 atom stereocenters. The molecule has 3 rings (SSSR count). The fourth-order valence-corrected chi connectivity index (χ4v) is 2.90. The lowest BCUT2D eigenvalue weighted by atomic mass is 9.98. The quantitative estimate of drug-likeness (QED) is 0.610. The third-order valence-corrected chi connectivity index (χ3v) is 4.26. The number of carbonyl (C=O) groups is 2. The second kappa shape index (κ2) is 7.90. The van der Waals surface area contributed by atoms with Crippen LogP contribution in [0, 0.1) is 0 Å². The minimum Gasteiger partial charge on any atom is -0.322 e. The molecular weight excluding hydrogens is 378 g/mol. The van der Waals surface area contributed by atoms with Gasteiger partial charge < -0.3 is 5.32 Å². The van der Waals surface area contributed by atoms with Gasteiger partial charge in [0.1, 0.15) is 0 Å². The van der Waals surface area contributed by atoms with E-state index in [2.05, 4.69) is 21.2 Å². The van der Waals surface area contributed by atoms with Crippen LogP contribution < -0.4 is 5.32 Å². The summed E-state index contributed by atoms with van der Waals surface area (Å²) >= 11 is 3.37. The van der Waals surface area contributed by atoms with Crippen LogP contribution in [-0.4, -0.2) is 11.7 Å². The predicted octanol–water partition coefficient (Wildman–Crippen LogP) is 5.13. The highest BCUT2D eigenvalue weighted by atomic mass is 79.9. The van der Waals surface area contributed by atoms with Gasteiger partial charge in [0.15, 0.2) is 5.78 Å². The maximum atomic E-state index is 12.7. The standard InChI is InChI=1S/C21H16BrNO2/c22-16-11-12-18(20(24)13-15-7-3-1-4-8-15)19(14-16)21(25)23-17-9-5-2-6-10-17/h1-12,14H,13H2,(H,23,25). The van der Waals surface area contributed by atoms with Crippen molar-refractivity contribution in [2.45, 2.75) is 6.42 Å². The fourth-order valence-electron chi connectivity index (χ4n) is 2.54. The normalized spacial score (nSPS) is 10.3. The maximum Gasteiger partial charge on any atom is 0.256 e. The van der Waals surface area contributed by atoms with Crippen LogP contribution in [0.2, 0.25) is 0 Å². The summed E-state index contributed by atoms with van der Waals surface area (Å²) in [6.07, 6.45) is 0.258. The van der Waals surface area contributed by atoms with Crippen molar-refractivity contribution in [3.05, 3.63) is 100 Å². The Morgan fingerprint density at radius 1 is 0.800 bits per heavy atom. The highest BCUT2D eigenvalue weighted by Gasteiger charge is 2.18. The number of ketones is 1. The second-order valence-electron chi connectivity index (χ2n) is 5.60. The number of para-hydroxylation sites is 1. The summed E-state index contributed by atoms with van der Waals surface area (Å²) in [5.74, 6) is -0.388. The molecule has 3 nitrogen and oxygen atoms in total. The lowest BCUT2D eigenvalue weighted by molar-refractivity contribution is 0.0972. The van der Waals surface area contributed by atoms with Gasteiger partial charge in [-0.05, 0) is 35.9 Å². The Labute approximate surface area is 154 Å². The number of amides is 1. The van der Waals surface area contributed by atoms with Gasteiger partial charge in [-0.1, -0.05) is 64.5 Å². The maximum absolute atomic E-state index is 12.7. The van der Waals surface area contributed by atoms with Crippen molar-refractivity contribution in [3.63, 3.8) is 0 Å². The molecule has 0 aliphatic heterocycles.